The van der Waals surface area contributed by atoms with Crippen LogP contribution in [0, 0.1) is 6.92 Å². The monoisotopic (exact) mass is 426 g/mol. The number of nitrogens with zero attached hydrogens (tertiary/aromatic N) is 3. The van der Waals surface area contributed by atoms with Gasteiger partial charge in [-0.15, -0.1) is 5.10 Å². The minimum absolute atomic E-state index is 0.179. The number of benzene rings is 1. The van der Waals surface area contributed by atoms with Gasteiger partial charge in [0, 0.05) is 16.6 Å². The van der Waals surface area contributed by atoms with Gasteiger partial charge in [-0.2, -0.15) is 0 Å². The largest absolute Gasteiger partial charge is 0.464 e. The number of rotatable bonds is 6. The van der Waals surface area contributed by atoms with Gasteiger partial charge < -0.3 is 9.73 Å². The second kappa shape index (κ2) is 8.79. The van der Waals surface area contributed by atoms with Crippen LogP contribution < -0.4 is 10.2 Å². The van der Waals surface area contributed by atoms with Gasteiger partial charge in [0.2, 0.25) is 0 Å². The third kappa shape index (κ3) is 4.94. The fourth-order valence-electron chi connectivity index (χ4n) is 3.10. The molecule has 7 nitrogen and oxygen atoms in total. The van der Waals surface area contributed by atoms with Crippen LogP contribution in [0.3, 0.4) is 0 Å². The number of furan rings is 1. The van der Waals surface area contributed by atoms with Crippen LogP contribution in [0.15, 0.2) is 46.2 Å². The number of carbonyl (C=O) groups excluding carboxylic acids is 2. The Balaban J connectivity index is 2.17. The smallest absolute Gasteiger partial charge is 0.280 e. The van der Waals surface area contributed by atoms with Gasteiger partial charge in [0.25, 0.3) is 11.8 Å². The molecule has 0 aliphatic rings. The van der Waals surface area contributed by atoms with E-state index in [2.05, 4.69) is 14.9 Å². The topological polar surface area (TPSA) is 88.3 Å². The minimum Gasteiger partial charge on any atom is -0.464 e. The summed E-state index contributed by atoms with van der Waals surface area (Å²) in [7, 11) is 0. The average Bonchev–Trinajstić information content (AvgIpc) is 3.36. The summed E-state index contributed by atoms with van der Waals surface area (Å²) in [6.45, 7) is 9.52. The van der Waals surface area contributed by atoms with E-state index in [9.17, 15) is 9.59 Å². The highest BCUT2D eigenvalue weighted by Gasteiger charge is 2.37. The average molecular weight is 427 g/mol. The Bertz CT molecular complexity index is 1020. The molecule has 2 heterocycles. The van der Waals surface area contributed by atoms with Gasteiger partial charge in [-0.25, -0.2) is 0 Å². The van der Waals surface area contributed by atoms with Gasteiger partial charge in [0.15, 0.2) is 11.7 Å². The molecule has 8 heteroatoms. The molecule has 0 aliphatic carbocycles. The Labute approximate surface area is 180 Å². The van der Waals surface area contributed by atoms with Gasteiger partial charge in [0.1, 0.15) is 11.5 Å². The first-order valence-corrected chi connectivity index (χ1v) is 10.6. The number of hydrogen-bond acceptors (Lipinski definition) is 6. The minimum atomic E-state index is -1.00. The SMILES string of the molecule is CCc1cccc(N(C(=O)c2csnn2)C(C(=O)NC(C)(C)C)c2ccc(C)o2)c1. The van der Waals surface area contributed by atoms with E-state index in [0.29, 0.717) is 17.2 Å². The summed E-state index contributed by atoms with van der Waals surface area (Å²) in [5.74, 6) is 0.284. The van der Waals surface area contributed by atoms with Gasteiger partial charge in [0.05, 0.1) is 0 Å². The van der Waals surface area contributed by atoms with Crippen LogP contribution >= 0.6 is 11.5 Å². The number of anilines is 1. The number of amides is 2. The molecule has 0 fully saturated rings. The molecule has 1 atom stereocenters. The first kappa shape index (κ1) is 21.7. The molecular formula is C22H26N4O3S. The molecule has 2 amide bonds. The number of aryl methyl sites for hydroxylation is 2. The lowest BCUT2D eigenvalue weighted by molar-refractivity contribution is -0.124. The van der Waals surface area contributed by atoms with Crippen molar-refractivity contribution in [1.82, 2.24) is 14.9 Å². The number of carbonyl (C=O) groups is 2. The summed E-state index contributed by atoms with van der Waals surface area (Å²) in [6, 6.07) is 10.1. The summed E-state index contributed by atoms with van der Waals surface area (Å²) in [5.41, 5.74) is 1.33. The lowest BCUT2D eigenvalue weighted by atomic mass is 10.0. The van der Waals surface area contributed by atoms with Crippen molar-refractivity contribution in [3.8, 4) is 0 Å². The quantitative estimate of drug-likeness (QED) is 0.635. The summed E-state index contributed by atoms with van der Waals surface area (Å²) in [4.78, 5) is 28.4. The second-order valence-corrected chi connectivity index (χ2v) is 8.69. The van der Waals surface area contributed by atoms with E-state index in [1.165, 1.54) is 4.90 Å². The maximum absolute atomic E-state index is 13.5. The van der Waals surface area contributed by atoms with Crippen molar-refractivity contribution < 1.29 is 14.0 Å². The molecule has 3 aromatic rings. The van der Waals surface area contributed by atoms with Crippen molar-refractivity contribution in [2.45, 2.75) is 52.6 Å². The Kier molecular flexibility index (Phi) is 6.36. The van der Waals surface area contributed by atoms with Gasteiger partial charge in [-0.05, 0) is 75.5 Å². The molecule has 0 saturated heterocycles. The zero-order chi connectivity index (χ0) is 21.9. The molecule has 2 aromatic heterocycles. The molecular weight excluding hydrogens is 400 g/mol. The fraction of sp³-hybridized carbons (Fsp3) is 0.364. The third-order valence-electron chi connectivity index (χ3n) is 4.43. The first-order chi connectivity index (χ1) is 14.2. The van der Waals surface area contributed by atoms with E-state index < -0.39 is 17.5 Å². The second-order valence-electron chi connectivity index (χ2n) is 8.08. The summed E-state index contributed by atoms with van der Waals surface area (Å²) in [5, 5.41) is 8.49. The summed E-state index contributed by atoms with van der Waals surface area (Å²) in [6.07, 6.45) is 0.798. The van der Waals surface area contributed by atoms with Crippen molar-refractivity contribution in [2.75, 3.05) is 4.90 Å². The highest BCUT2D eigenvalue weighted by Crippen LogP contribution is 2.32. The Morgan fingerprint density at radius 2 is 2.00 bits per heavy atom. The van der Waals surface area contributed by atoms with E-state index in [-0.39, 0.29) is 11.6 Å². The zero-order valence-corrected chi connectivity index (χ0v) is 18.6. The normalized spacial score (nSPS) is 12.4. The third-order valence-corrected chi connectivity index (χ3v) is 4.93. The van der Waals surface area contributed by atoms with Crippen LogP contribution in [0.1, 0.15) is 61.3 Å². The number of aromatic nitrogens is 2. The zero-order valence-electron chi connectivity index (χ0n) is 17.8. The number of nitrogens with one attached hydrogen (secondary N) is 1. The van der Waals surface area contributed by atoms with Crippen molar-refractivity contribution in [3.63, 3.8) is 0 Å². The summed E-state index contributed by atoms with van der Waals surface area (Å²) < 4.78 is 9.63. The van der Waals surface area contributed by atoms with Crippen LogP contribution in [0.4, 0.5) is 5.69 Å². The van der Waals surface area contributed by atoms with Crippen molar-refractivity contribution in [3.05, 3.63) is 64.6 Å². The molecule has 1 aromatic carbocycles. The van der Waals surface area contributed by atoms with Crippen LogP contribution in [-0.4, -0.2) is 26.9 Å². The maximum Gasteiger partial charge on any atom is 0.280 e. The van der Waals surface area contributed by atoms with Crippen LogP contribution in [-0.2, 0) is 11.2 Å². The molecule has 0 saturated carbocycles. The first-order valence-electron chi connectivity index (χ1n) is 9.77. The Morgan fingerprint density at radius 3 is 2.57 bits per heavy atom. The maximum atomic E-state index is 13.5. The highest BCUT2D eigenvalue weighted by atomic mass is 32.1. The van der Waals surface area contributed by atoms with Gasteiger partial charge >= 0.3 is 0 Å². The van der Waals surface area contributed by atoms with Gasteiger partial charge in [-0.1, -0.05) is 23.5 Å². The molecule has 3 rings (SSSR count). The molecule has 0 radical (unpaired) electrons. The van der Waals surface area contributed by atoms with E-state index in [4.69, 9.17) is 4.42 Å². The van der Waals surface area contributed by atoms with Crippen LogP contribution in [0.2, 0.25) is 0 Å². The van der Waals surface area contributed by atoms with Crippen molar-refractivity contribution >= 4 is 29.0 Å². The lowest BCUT2D eigenvalue weighted by Gasteiger charge is -2.32. The van der Waals surface area contributed by atoms with E-state index in [1.54, 1.807) is 24.4 Å². The fourth-order valence-corrected chi connectivity index (χ4v) is 3.53. The predicted molar refractivity (Wildman–Crippen MR) is 117 cm³/mol. The molecule has 30 heavy (non-hydrogen) atoms. The molecule has 1 N–H and O–H groups in total. The Hall–Kier alpha value is -3.00. The Morgan fingerprint density at radius 1 is 1.23 bits per heavy atom. The lowest BCUT2D eigenvalue weighted by Crippen LogP contribution is -2.49. The highest BCUT2D eigenvalue weighted by molar-refractivity contribution is 7.03. The van der Waals surface area contributed by atoms with E-state index in [1.807, 2.05) is 52.0 Å². The van der Waals surface area contributed by atoms with Gasteiger partial charge in [-0.3, -0.25) is 14.5 Å². The van der Waals surface area contributed by atoms with Crippen molar-refractivity contribution in [2.24, 2.45) is 0 Å². The summed E-state index contributed by atoms with van der Waals surface area (Å²) >= 11 is 1.09. The van der Waals surface area contributed by atoms with E-state index >= 15 is 0 Å². The molecule has 158 valence electrons. The molecule has 0 bridgehead atoms. The molecule has 0 spiro atoms. The standard InChI is InChI=1S/C22H26N4O3S/c1-6-15-8-7-9-16(12-15)26(21(28)17-13-30-25-24-17)19(18-11-10-14(2)29-18)20(27)23-22(3,4)5/h7-13,19H,6H2,1-5H3,(H,23,27). The van der Waals surface area contributed by atoms with E-state index in [0.717, 1.165) is 23.5 Å². The van der Waals surface area contributed by atoms with Crippen LogP contribution in [0.5, 0.6) is 0 Å². The molecule has 0 aliphatic heterocycles. The molecule has 1 unspecified atom stereocenters. The number of hydrogen-bond donors (Lipinski definition) is 1. The van der Waals surface area contributed by atoms with Crippen molar-refractivity contribution in [1.29, 1.82) is 0 Å². The van der Waals surface area contributed by atoms with Crippen LogP contribution in [0.25, 0.3) is 0 Å². The predicted octanol–water partition coefficient (Wildman–Crippen LogP) is 4.30.